The van der Waals surface area contributed by atoms with Crippen LogP contribution >= 0.6 is 0 Å². The van der Waals surface area contributed by atoms with Gasteiger partial charge in [0, 0.05) is 31.7 Å². The molecule has 0 radical (unpaired) electrons. The number of sulfonamides is 1. The van der Waals surface area contributed by atoms with Crippen molar-refractivity contribution in [3.05, 3.63) is 48.0 Å². The lowest BCUT2D eigenvalue weighted by molar-refractivity contribution is -0.122. The fraction of sp³-hybridized carbons (Fsp3) is 0.364. The Kier molecular flexibility index (Phi) is 6.07. The second-order valence-corrected chi connectivity index (χ2v) is 9.50. The highest BCUT2D eigenvalue weighted by Crippen LogP contribution is 2.33. The predicted molar refractivity (Wildman–Crippen MR) is 117 cm³/mol. The molecule has 9 nitrogen and oxygen atoms in total. The molecule has 2 heterocycles. The third kappa shape index (κ3) is 4.28. The number of anilines is 1. The molecule has 10 heteroatoms. The van der Waals surface area contributed by atoms with Gasteiger partial charge in [-0.15, -0.1) is 0 Å². The summed E-state index contributed by atoms with van der Waals surface area (Å²) in [5, 5.41) is 2.67. The van der Waals surface area contributed by atoms with Crippen molar-refractivity contribution in [1.82, 2.24) is 9.21 Å². The zero-order valence-corrected chi connectivity index (χ0v) is 18.7. The zero-order valence-electron chi connectivity index (χ0n) is 17.9. The summed E-state index contributed by atoms with van der Waals surface area (Å²) < 4.78 is 38.5. The van der Waals surface area contributed by atoms with Crippen molar-refractivity contribution in [3.63, 3.8) is 0 Å². The Morgan fingerprint density at radius 3 is 2.47 bits per heavy atom. The first-order chi connectivity index (χ1) is 15.3. The van der Waals surface area contributed by atoms with Crippen LogP contribution in [0.5, 0.6) is 11.5 Å². The molecule has 0 bridgehead atoms. The van der Waals surface area contributed by atoms with Crippen molar-refractivity contribution < 1.29 is 27.5 Å². The van der Waals surface area contributed by atoms with Crippen molar-refractivity contribution in [2.24, 2.45) is 0 Å². The quantitative estimate of drug-likeness (QED) is 0.733. The minimum atomic E-state index is -3.78. The van der Waals surface area contributed by atoms with E-state index >= 15 is 0 Å². The van der Waals surface area contributed by atoms with Crippen molar-refractivity contribution in [1.29, 1.82) is 0 Å². The van der Waals surface area contributed by atoms with Gasteiger partial charge in [0.2, 0.25) is 10.0 Å². The van der Waals surface area contributed by atoms with Crippen LogP contribution in [0, 0.1) is 0 Å². The number of piperazine rings is 1. The van der Waals surface area contributed by atoms with E-state index in [4.69, 9.17) is 9.47 Å². The highest BCUT2D eigenvalue weighted by atomic mass is 32.2. The maximum atomic E-state index is 13.1. The average Bonchev–Trinajstić information content (AvgIpc) is 2.80. The molecule has 0 saturated carbocycles. The van der Waals surface area contributed by atoms with Gasteiger partial charge in [0.15, 0.2) is 6.10 Å². The molecule has 1 fully saturated rings. The lowest BCUT2D eigenvalue weighted by Crippen LogP contribution is -2.50. The van der Waals surface area contributed by atoms with Gasteiger partial charge in [-0.2, -0.15) is 4.31 Å². The summed E-state index contributed by atoms with van der Waals surface area (Å²) in [6, 6.07) is 11.3. The Bertz CT molecular complexity index is 1120. The van der Waals surface area contributed by atoms with E-state index in [0.29, 0.717) is 29.4 Å². The number of hydrogen-bond acceptors (Lipinski definition) is 6. The molecular formula is C22H25N3O6S. The Morgan fingerprint density at radius 2 is 1.81 bits per heavy atom. The number of fused-ring (bicyclic) bond motifs is 1. The van der Waals surface area contributed by atoms with Gasteiger partial charge in [0.25, 0.3) is 11.8 Å². The van der Waals surface area contributed by atoms with Gasteiger partial charge >= 0.3 is 0 Å². The first-order valence-electron chi connectivity index (χ1n) is 10.4. The molecule has 1 atom stereocenters. The number of rotatable bonds is 5. The van der Waals surface area contributed by atoms with E-state index in [1.807, 2.05) is 6.92 Å². The van der Waals surface area contributed by atoms with Gasteiger partial charge in [-0.1, -0.05) is 0 Å². The standard InChI is InChI=1S/C22H25N3O6S/c1-3-30-17-6-4-16(5-7-17)22(27)24-10-12-25(13-11-24)32(28,29)18-8-9-20-19(14-18)23-21(26)15(2)31-20/h4-9,14-15H,3,10-13H2,1-2H3,(H,23,26)/t15-/m1/s1. The van der Waals surface area contributed by atoms with Gasteiger partial charge in [-0.05, 0) is 56.3 Å². The minimum Gasteiger partial charge on any atom is -0.494 e. The van der Waals surface area contributed by atoms with E-state index in [2.05, 4.69) is 5.32 Å². The summed E-state index contributed by atoms with van der Waals surface area (Å²) in [7, 11) is -3.78. The van der Waals surface area contributed by atoms with Crippen LogP contribution in [0.4, 0.5) is 5.69 Å². The van der Waals surface area contributed by atoms with E-state index in [-0.39, 0.29) is 42.9 Å². The number of carbonyl (C=O) groups is 2. The normalized spacial score (nSPS) is 19.0. The lowest BCUT2D eigenvalue weighted by atomic mass is 10.2. The van der Waals surface area contributed by atoms with Crippen LogP contribution in [-0.4, -0.2) is 68.3 Å². The van der Waals surface area contributed by atoms with E-state index in [9.17, 15) is 18.0 Å². The van der Waals surface area contributed by atoms with Crippen LogP contribution in [-0.2, 0) is 14.8 Å². The molecule has 0 aliphatic carbocycles. The van der Waals surface area contributed by atoms with E-state index < -0.39 is 16.1 Å². The first-order valence-corrected chi connectivity index (χ1v) is 11.9. The summed E-state index contributed by atoms with van der Waals surface area (Å²) in [5.74, 6) is 0.657. The van der Waals surface area contributed by atoms with E-state index in [1.165, 1.54) is 16.4 Å². The van der Waals surface area contributed by atoms with Crippen molar-refractivity contribution >= 4 is 27.5 Å². The molecule has 2 aliphatic heterocycles. The SMILES string of the molecule is CCOc1ccc(C(=O)N2CCN(S(=O)(=O)c3ccc4c(c3)NC(=O)[C@@H](C)O4)CC2)cc1. The molecule has 1 N–H and O–H groups in total. The molecule has 1 saturated heterocycles. The fourth-order valence-corrected chi connectivity index (χ4v) is 5.12. The molecule has 170 valence electrons. The van der Waals surface area contributed by atoms with Gasteiger partial charge < -0.3 is 19.7 Å². The molecular weight excluding hydrogens is 434 g/mol. The second-order valence-electron chi connectivity index (χ2n) is 7.56. The predicted octanol–water partition coefficient (Wildman–Crippen LogP) is 1.95. The lowest BCUT2D eigenvalue weighted by Gasteiger charge is -2.34. The van der Waals surface area contributed by atoms with Gasteiger partial charge in [0.05, 0.1) is 17.2 Å². The maximum absolute atomic E-state index is 13.1. The number of nitrogens with one attached hydrogen (secondary N) is 1. The Morgan fingerprint density at radius 1 is 1.12 bits per heavy atom. The van der Waals surface area contributed by atoms with Gasteiger partial charge in [0.1, 0.15) is 11.5 Å². The average molecular weight is 460 g/mol. The second kappa shape index (κ2) is 8.79. The Hall–Kier alpha value is -3.11. The topological polar surface area (TPSA) is 105 Å². The number of ether oxygens (including phenoxy) is 2. The van der Waals surface area contributed by atoms with Crippen molar-refractivity contribution in [2.75, 3.05) is 38.1 Å². The molecule has 0 unspecified atom stereocenters. The van der Waals surface area contributed by atoms with E-state index in [1.54, 1.807) is 42.2 Å². The van der Waals surface area contributed by atoms with Crippen LogP contribution in [0.1, 0.15) is 24.2 Å². The van der Waals surface area contributed by atoms with E-state index in [0.717, 1.165) is 0 Å². The van der Waals surface area contributed by atoms with Crippen LogP contribution < -0.4 is 14.8 Å². The molecule has 2 aliphatic rings. The summed E-state index contributed by atoms with van der Waals surface area (Å²) in [6.45, 7) is 5.00. The van der Waals surface area contributed by atoms with Crippen molar-refractivity contribution in [2.45, 2.75) is 24.8 Å². The smallest absolute Gasteiger partial charge is 0.265 e. The van der Waals surface area contributed by atoms with Crippen LogP contribution in [0.15, 0.2) is 47.4 Å². The fourth-order valence-electron chi connectivity index (χ4n) is 3.67. The number of nitrogens with zero attached hydrogens (tertiary/aromatic N) is 2. The van der Waals surface area contributed by atoms with Crippen LogP contribution in [0.3, 0.4) is 0 Å². The Labute approximate surface area is 187 Å². The highest BCUT2D eigenvalue weighted by Gasteiger charge is 2.32. The largest absolute Gasteiger partial charge is 0.494 e. The summed E-state index contributed by atoms with van der Waals surface area (Å²) in [6.07, 6.45) is -0.633. The number of hydrogen-bond donors (Lipinski definition) is 1. The molecule has 2 aromatic rings. The van der Waals surface area contributed by atoms with Gasteiger partial charge in [-0.25, -0.2) is 8.42 Å². The molecule has 0 spiro atoms. The minimum absolute atomic E-state index is 0.0704. The summed E-state index contributed by atoms with van der Waals surface area (Å²) in [4.78, 5) is 26.3. The number of amides is 2. The third-order valence-electron chi connectivity index (χ3n) is 5.46. The molecule has 32 heavy (non-hydrogen) atoms. The molecule has 2 amide bonds. The Balaban J connectivity index is 1.43. The maximum Gasteiger partial charge on any atom is 0.265 e. The van der Waals surface area contributed by atoms with Crippen LogP contribution in [0.2, 0.25) is 0 Å². The summed E-state index contributed by atoms with van der Waals surface area (Å²) >= 11 is 0. The number of carbonyl (C=O) groups excluding carboxylic acids is 2. The monoisotopic (exact) mass is 459 g/mol. The van der Waals surface area contributed by atoms with Crippen LogP contribution in [0.25, 0.3) is 0 Å². The highest BCUT2D eigenvalue weighted by molar-refractivity contribution is 7.89. The zero-order chi connectivity index (χ0) is 22.9. The van der Waals surface area contributed by atoms with Crippen molar-refractivity contribution in [3.8, 4) is 11.5 Å². The summed E-state index contributed by atoms with van der Waals surface area (Å²) in [5.41, 5.74) is 0.864. The third-order valence-corrected chi connectivity index (χ3v) is 7.35. The first kappa shape index (κ1) is 22.1. The number of benzene rings is 2. The molecule has 4 rings (SSSR count). The molecule has 2 aromatic carbocycles. The molecule has 0 aromatic heterocycles. The van der Waals surface area contributed by atoms with Gasteiger partial charge in [-0.3, -0.25) is 9.59 Å².